The first-order valence-electron chi connectivity index (χ1n) is 8.93. The zero-order valence-corrected chi connectivity index (χ0v) is 14.5. The first kappa shape index (κ1) is 18.2. The largest absolute Gasteiger partial charge is 0.452 e. The number of likely N-dealkylation sites (tertiary alicyclic amines) is 1. The third kappa shape index (κ3) is 4.30. The summed E-state index contributed by atoms with van der Waals surface area (Å²) >= 11 is 0. The molecular weight excluding hydrogens is 340 g/mol. The number of nitro groups is 1. The Hall–Kier alpha value is -2.64. The molecule has 3 rings (SSSR count). The lowest BCUT2D eigenvalue weighted by Crippen LogP contribution is -2.50. The van der Waals surface area contributed by atoms with Crippen molar-refractivity contribution in [2.24, 2.45) is 5.92 Å². The SMILES string of the molecule is O=C(/C=C/c1ccc([N+](=O)[O-])o1)OCC(=O)N1CCC[C@H]2CCCC[C@@H]21. The van der Waals surface area contributed by atoms with Gasteiger partial charge >= 0.3 is 11.9 Å². The molecule has 1 aliphatic carbocycles. The van der Waals surface area contributed by atoms with Crippen LogP contribution in [0.2, 0.25) is 0 Å². The molecule has 0 aromatic carbocycles. The summed E-state index contributed by atoms with van der Waals surface area (Å²) < 4.78 is 9.93. The van der Waals surface area contributed by atoms with Gasteiger partial charge in [0.2, 0.25) is 0 Å². The van der Waals surface area contributed by atoms with Gasteiger partial charge in [-0.05, 0) is 43.7 Å². The molecule has 1 aromatic heterocycles. The molecule has 1 saturated carbocycles. The summed E-state index contributed by atoms with van der Waals surface area (Å²) in [6.45, 7) is 0.439. The van der Waals surface area contributed by atoms with Crippen LogP contribution in [-0.4, -0.2) is 40.9 Å². The Morgan fingerprint density at radius 1 is 1.27 bits per heavy atom. The lowest BCUT2D eigenvalue weighted by Gasteiger charge is -2.44. The normalized spacial score (nSPS) is 22.8. The molecule has 2 heterocycles. The number of amides is 1. The maximum atomic E-state index is 12.4. The molecule has 1 aliphatic heterocycles. The molecule has 0 N–H and O–H groups in total. The fourth-order valence-electron chi connectivity index (χ4n) is 3.88. The highest BCUT2D eigenvalue weighted by Gasteiger charge is 2.35. The zero-order valence-electron chi connectivity index (χ0n) is 14.5. The number of carbonyl (C=O) groups is 2. The Morgan fingerprint density at radius 2 is 2.04 bits per heavy atom. The molecule has 0 radical (unpaired) electrons. The molecule has 26 heavy (non-hydrogen) atoms. The number of piperidine rings is 1. The predicted molar refractivity (Wildman–Crippen MR) is 92.0 cm³/mol. The monoisotopic (exact) mass is 362 g/mol. The van der Waals surface area contributed by atoms with Crippen LogP contribution in [0.4, 0.5) is 5.88 Å². The van der Waals surface area contributed by atoms with E-state index < -0.39 is 16.8 Å². The first-order chi connectivity index (χ1) is 12.5. The van der Waals surface area contributed by atoms with Gasteiger partial charge in [0, 0.05) is 18.7 Å². The van der Waals surface area contributed by atoms with Crippen LogP contribution in [0.5, 0.6) is 0 Å². The third-order valence-corrected chi connectivity index (χ3v) is 5.08. The van der Waals surface area contributed by atoms with Crippen molar-refractivity contribution in [1.29, 1.82) is 0 Å². The molecule has 1 amide bonds. The van der Waals surface area contributed by atoms with E-state index >= 15 is 0 Å². The summed E-state index contributed by atoms with van der Waals surface area (Å²) in [5.74, 6) is -0.500. The van der Waals surface area contributed by atoms with Gasteiger partial charge in [0.05, 0.1) is 6.07 Å². The van der Waals surface area contributed by atoms with Crippen LogP contribution in [0.1, 0.15) is 44.3 Å². The molecule has 0 bridgehead atoms. The fourth-order valence-corrected chi connectivity index (χ4v) is 3.88. The number of rotatable bonds is 5. The van der Waals surface area contributed by atoms with E-state index in [1.165, 1.54) is 37.5 Å². The molecule has 0 spiro atoms. The van der Waals surface area contributed by atoms with E-state index in [4.69, 9.17) is 9.15 Å². The second-order valence-electron chi connectivity index (χ2n) is 6.72. The zero-order chi connectivity index (χ0) is 18.5. The summed E-state index contributed by atoms with van der Waals surface area (Å²) in [5, 5.41) is 10.5. The maximum absolute atomic E-state index is 12.4. The van der Waals surface area contributed by atoms with E-state index in [-0.39, 0.29) is 24.3 Å². The van der Waals surface area contributed by atoms with Crippen molar-refractivity contribution in [3.8, 4) is 0 Å². The number of hydrogen-bond acceptors (Lipinski definition) is 6. The number of carbonyl (C=O) groups excluding carboxylic acids is 2. The molecule has 140 valence electrons. The first-order valence-corrected chi connectivity index (χ1v) is 8.93. The van der Waals surface area contributed by atoms with Gasteiger partial charge in [-0.15, -0.1) is 0 Å². The minimum atomic E-state index is -0.686. The quantitative estimate of drug-likeness (QED) is 0.345. The lowest BCUT2D eigenvalue weighted by molar-refractivity contribution is -0.402. The van der Waals surface area contributed by atoms with Crippen molar-refractivity contribution in [1.82, 2.24) is 4.90 Å². The average molecular weight is 362 g/mol. The van der Waals surface area contributed by atoms with Crippen molar-refractivity contribution in [2.75, 3.05) is 13.2 Å². The van der Waals surface area contributed by atoms with Crippen molar-refractivity contribution >= 4 is 23.8 Å². The van der Waals surface area contributed by atoms with Crippen molar-refractivity contribution < 1.29 is 23.7 Å². The summed E-state index contributed by atoms with van der Waals surface area (Å²) in [4.78, 5) is 36.0. The highest BCUT2D eigenvalue weighted by molar-refractivity contribution is 5.89. The molecule has 2 fully saturated rings. The van der Waals surface area contributed by atoms with Crippen LogP contribution >= 0.6 is 0 Å². The Balaban J connectivity index is 1.49. The molecule has 8 heteroatoms. The molecular formula is C18H22N2O6. The number of hydrogen-bond donors (Lipinski definition) is 0. The highest BCUT2D eigenvalue weighted by atomic mass is 16.6. The van der Waals surface area contributed by atoms with Gasteiger partial charge in [-0.3, -0.25) is 14.9 Å². The van der Waals surface area contributed by atoms with E-state index in [1.54, 1.807) is 0 Å². The summed E-state index contributed by atoms with van der Waals surface area (Å²) in [7, 11) is 0. The second kappa shape index (κ2) is 8.16. The fraction of sp³-hybridized carbons (Fsp3) is 0.556. The predicted octanol–water partition coefficient (Wildman–Crippen LogP) is 2.93. The van der Waals surface area contributed by atoms with Crippen molar-refractivity contribution in [3.63, 3.8) is 0 Å². The number of esters is 1. The van der Waals surface area contributed by atoms with Crippen LogP contribution in [0.3, 0.4) is 0 Å². The number of furan rings is 1. The minimum Gasteiger partial charge on any atom is -0.452 e. The van der Waals surface area contributed by atoms with Crippen LogP contribution in [0, 0.1) is 16.0 Å². The van der Waals surface area contributed by atoms with Crippen LogP contribution in [0.15, 0.2) is 22.6 Å². The van der Waals surface area contributed by atoms with Gasteiger partial charge in [-0.1, -0.05) is 12.8 Å². The van der Waals surface area contributed by atoms with E-state index in [0.29, 0.717) is 5.92 Å². The number of ether oxygens (including phenoxy) is 1. The molecule has 2 atom stereocenters. The van der Waals surface area contributed by atoms with E-state index in [9.17, 15) is 19.7 Å². The topological polar surface area (TPSA) is 103 Å². The molecule has 0 unspecified atom stereocenters. The van der Waals surface area contributed by atoms with Gasteiger partial charge < -0.3 is 14.1 Å². The summed E-state index contributed by atoms with van der Waals surface area (Å²) in [6.07, 6.45) is 9.11. The van der Waals surface area contributed by atoms with Gasteiger partial charge in [0.1, 0.15) is 10.7 Å². The molecule has 1 saturated heterocycles. The lowest BCUT2D eigenvalue weighted by atomic mass is 9.78. The van der Waals surface area contributed by atoms with Gasteiger partial charge in [0.25, 0.3) is 5.91 Å². The van der Waals surface area contributed by atoms with Crippen LogP contribution < -0.4 is 0 Å². The maximum Gasteiger partial charge on any atom is 0.433 e. The standard InChI is InChI=1S/C18H22N2O6/c21-16(19-11-3-5-13-4-1-2-6-15(13)19)12-25-18(22)10-8-14-7-9-17(26-14)20(23)24/h7-10,13,15H,1-6,11-12H2/b10-8+/t13-,15+/m1/s1. The molecule has 1 aromatic rings. The third-order valence-electron chi connectivity index (χ3n) is 5.08. The smallest absolute Gasteiger partial charge is 0.433 e. The highest BCUT2D eigenvalue weighted by Crippen LogP contribution is 2.35. The van der Waals surface area contributed by atoms with E-state index in [1.807, 2.05) is 4.90 Å². The molecule has 8 nitrogen and oxygen atoms in total. The van der Waals surface area contributed by atoms with Crippen molar-refractivity contribution in [3.05, 3.63) is 34.1 Å². The van der Waals surface area contributed by atoms with Gasteiger partial charge in [-0.2, -0.15) is 0 Å². The van der Waals surface area contributed by atoms with Crippen LogP contribution in [0.25, 0.3) is 6.08 Å². The Morgan fingerprint density at radius 3 is 2.81 bits per heavy atom. The van der Waals surface area contributed by atoms with E-state index in [2.05, 4.69) is 0 Å². The van der Waals surface area contributed by atoms with Gasteiger partial charge in [0.15, 0.2) is 6.61 Å². The minimum absolute atomic E-state index is 0.156. The summed E-state index contributed by atoms with van der Waals surface area (Å²) in [5.41, 5.74) is 0. The Bertz CT molecular complexity index is 708. The Kier molecular flexibility index (Phi) is 5.70. The molecule has 2 aliphatic rings. The number of fused-ring (bicyclic) bond motifs is 1. The van der Waals surface area contributed by atoms with Gasteiger partial charge in [-0.25, -0.2) is 4.79 Å². The van der Waals surface area contributed by atoms with Crippen LogP contribution in [-0.2, 0) is 14.3 Å². The van der Waals surface area contributed by atoms with Crippen molar-refractivity contribution in [2.45, 2.75) is 44.6 Å². The second-order valence-corrected chi connectivity index (χ2v) is 6.72. The Labute approximate surface area is 150 Å². The number of nitrogens with zero attached hydrogens (tertiary/aromatic N) is 2. The van der Waals surface area contributed by atoms with E-state index in [0.717, 1.165) is 31.9 Å². The summed E-state index contributed by atoms with van der Waals surface area (Å²) in [6, 6.07) is 2.86. The average Bonchev–Trinajstić information content (AvgIpc) is 3.13.